The number of nitro benzene ring substituents is 1. The van der Waals surface area contributed by atoms with Crippen LogP contribution in [0.2, 0.25) is 0 Å². The molecule has 0 heterocycles. The summed E-state index contributed by atoms with van der Waals surface area (Å²) < 4.78 is 5.46. The topological polar surface area (TPSA) is 89.7 Å². The van der Waals surface area contributed by atoms with Crippen LogP contribution >= 0.6 is 11.6 Å². The van der Waals surface area contributed by atoms with Crippen molar-refractivity contribution in [1.82, 2.24) is 0 Å². The number of nitrogens with zero attached hydrogens (tertiary/aromatic N) is 1. The van der Waals surface area contributed by atoms with E-state index in [1.165, 1.54) is 12.1 Å². The van der Waals surface area contributed by atoms with Crippen LogP contribution in [0.5, 0.6) is 5.75 Å². The van der Waals surface area contributed by atoms with Gasteiger partial charge in [-0.1, -0.05) is 0 Å². The summed E-state index contributed by atoms with van der Waals surface area (Å²) in [6, 6.07) is 5.92. The minimum absolute atomic E-state index is 0.326. The number of benzene rings is 2. The van der Waals surface area contributed by atoms with E-state index < -0.39 is 16.6 Å². The highest BCUT2D eigenvalue weighted by Gasteiger charge is 2.21. The smallest absolute Gasteiger partial charge is 0.342 e. The first-order valence-electron chi connectivity index (χ1n) is 6.09. The van der Waals surface area contributed by atoms with Gasteiger partial charge in [0.05, 0.1) is 10.8 Å². The molecule has 2 aromatic carbocycles. The quantitative estimate of drug-likeness (QED) is 0.519. The summed E-state index contributed by atoms with van der Waals surface area (Å²) in [6.07, 6.45) is 0. The third-order valence-electron chi connectivity index (χ3n) is 3.01. The average molecular weight is 310 g/mol. The summed E-state index contributed by atoms with van der Waals surface area (Å²) in [5.41, 5.74) is 0.0217. The number of carbonyl (C=O) groups is 1. The monoisotopic (exact) mass is 309 g/mol. The predicted octanol–water partition coefficient (Wildman–Crippen LogP) is 3.37. The van der Waals surface area contributed by atoms with E-state index in [9.17, 15) is 14.9 Å². The van der Waals surface area contributed by atoms with Crippen LogP contribution in [0.1, 0.15) is 15.9 Å². The molecule has 1 N–H and O–H groups in total. The molecule has 0 saturated carbocycles. The highest BCUT2D eigenvalue weighted by Crippen LogP contribution is 2.31. The zero-order chi connectivity index (χ0) is 15.6. The molecule has 0 unspecified atom stereocenters. The van der Waals surface area contributed by atoms with Crippen LogP contribution < -0.4 is 4.74 Å². The van der Waals surface area contributed by atoms with Crippen LogP contribution in [0.4, 0.5) is 5.69 Å². The second-order valence-electron chi connectivity index (χ2n) is 4.43. The van der Waals surface area contributed by atoms with E-state index in [0.29, 0.717) is 29.0 Å². The summed E-state index contributed by atoms with van der Waals surface area (Å²) in [6.45, 7) is 2.13. The molecule has 0 aliphatic carbocycles. The summed E-state index contributed by atoms with van der Waals surface area (Å²) in [7, 11) is 0. The Bertz CT molecular complexity index is 729. The van der Waals surface area contributed by atoms with Gasteiger partial charge in [0.2, 0.25) is 0 Å². The molecule has 6 nitrogen and oxygen atoms in total. The summed E-state index contributed by atoms with van der Waals surface area (Å²) in [5, 5.41) is 21.2. The first kappa shape index (κ1) is 15.1. The van der Waals surface area contributed by atoms with E-state index in [4.69, 9.17) is 21.4 Å². The highest BCUT2D eigenvalue weighted by molar-refractivity contribution is 6.18. The van der Waals surface area contributed by atoms with Crippen LogP contribution in [-0.4, -0.2) is 28.5 Å². The van der Waals surface area contributed by atoms with Crippen molar-refractivity contribution in [2.75, 3.05) is 12.5 Å². The van der Waals surface area contributed by atoms with Gasteiger partial charge in [-0.2, -0.15) is 0 Å². The van der Waals surface area contributed by atoms with E-state index in [-0.39, 0.29) is 5.56 Å². The molecule has 21 heavy (non-hydrogen) atoms. The predicted molar refractivity (Wildman–Crippen MR) is 78.5 cm³/mol. The summed E-state index contributed by atoms with van der Waals surface area (Å²) >= 11 is 5.57. The number of carboxylic acid groups (broad SMARTS) is 1. The van der Waals surface area contributed by atoms with Crippen molar-refractivity contribution in [2.24, 2.45) is 0 Å². The Labute approximate surface area is 125 Å². The van der Waals surface area contributed by atoms with Crippen molar-refractivity contribution in [1.29, 1.82) is 0 Å². The van der Waals surface area contributed by atoms with Gasteiger partial charge in [0, 0.05) is 6.07 Å². The standard InChI is InChI=1S/C14H12ClNO5/c1-8-4-9-6-12(16(19)20)11(14(17)18)5-10(9)7-13(8)21-3-2-15/h4-7H,2-3H2,1H3,(H,17,18). The summed E-state index contributed by atoms with van der Waals surface area (Å²) in [5.74, 6) is -0.432. The molecule has 0 amide bonds. The van der Waals surface area contributed by atoms with Gasteiger partial charge in [-0.25, -0.2) is 4.79 Å². The van der Waals surface area contributed by atoms with Gasteiger partial charge in [-0.05, 0) is 41.5 Å². The van der Waals surface area contributed by atoms with Crippen molar-refractivity contribution in [3.63, 3.8) is 0 Å². The lowest BCUT2D eigenvalue weighted by atomic mass is 10.0. The molecule has 0 atom stereocenters. The Hall–Kier alpha value is -2.34. The third-order valence-corrected chi connectivity index (χ3v) is 3.16. The number of hydrogen-bond donors (Lipinski definition) is 1. The van der Waals surface area contributed by atoms with Crippen molar-refractivity contribution >= 4 is 34.0 Å². The number of rotatable bonds is 5. The zero-order valence-electron chi connectivity index (χ0n) is 11.1. The van der Waals surface area contributed by atoms with E-state index in [0.717, 1.165) is 5.56 Å². The second kappa shape index (κ2) is 5.97. The van der Waals surface area contributed by atoms with Gasteiger partial charge in [0.25, 0.3) is 5.69 Å². The fourth-order valence-electron chi connectivity index (χ4n) is 2.06. The lowest BCUT2D eigenvalue weighted by Crippen LogP contribution is -2.03. The lowest BCUT2D eigenvalue weighted by Gasteiger charge is -2.10. The molecular formula is C14H12ClNO5. The highest BCUT2D eigenvalue weighted by atomic mass is 35.5. The van der Waals surface area contributed by atoms with E-state index in [2.05, 4.69) is 0 Å². The van der Waals surface area contributed by atoms with Gasteiger partial charge in [0.1, 0.15) is 17.9 Å². The number of halogens is 1. The fourth-order valence-corrected chi connectivity index (χ4v) is 2.13. The van der Waals surface area contributed by atoms with Crippen LogP contribution in [0, 0.1) is 17.0 Å². The first-order valence-corrected chi connectivity index (χ1v) is 6.62. The molecule has 110 valence electrons. The van der Waals surface area contributed by atoms with E-state index in [1.54, 1.807) is 19.1 Å². The maximum absolute atomic E-state index is 11.1. The SMILES string of the molecule is Cc1cc2cc([N+](=O)[O-])c(C(=O)O)cc2cc1OCCCl. The Morgan fingerprint density at radius 1 is 1.33 bits per heavy atom. The van der Waals surface area contributed by atoms with Gasteiger partial charge in [0.15, 0.2) is 0 Å². The van der Waals surface area contributed by atoms with Crippen molar-refractivity contribution in [3.05, 3.63) is 45.5 Å². The average Bonchev–Trinajstić information content (AvgIpc) is 2.43. The molecule has 0 spiro atoms. The minimum Gasteiger partial charge on any atom is -0.492 e. The van der Waals surface area contributed by atoms with Crippen LogP contribution in [0.15, 0.2) is 24.3 Å². The number of hydrogen-bond acceptors (Lipinski definition) is 4. The second-order valence-corrected chi connectivity index (χ2v) is 4.81. The molecule has 0 fully saturated rings. The zero-order valence-corrected chi connectivity index (χ0v) is 11.9. The maximum atomic E-state index is 11.1. The van der Waals surface area contributed by atoms with Crippen LogP contribution in [0.25, 0.3) is 10.8 Å². The number of ether oxygens (including phenoxy) is 1. The Morgan fingerprint density at radius 2 is 2.00 bits per heavy atom. The van der Waals surface area contributed by atoms with Gasteiger partial charge >= 0.3 is 5.97 Å². The van der Waals surface area contributed by atoms with Crippen LogP contribution in [-0.2, 0) is 0 Å². The normalized spacial score (nSPS) is 10.6. The lowest BCUT2D eigenvalue weighted by molar-refractivity contribution is -0.385. The molecule has 2 rings (SSSR count). The van der Waals surface area contributed by atoms with Crippen molar-refractivity contribution < 1.29 is 19.6 Å². The number of aryl methyl sites for hydroxylation is 1. The number of carboxylic acids is 1. The van der Waals surface area contributed by atoms with Crippen molar-refractivity contribution in [3.8, 4) is 5.75 Å². The van der Waals surface area contributed by atoms with Gasteiger partial charge in [-0.3, -0.25) is 10.1 Å². The first-order chi connectivity index (χ1) is 9.93. The van der Waals surface area contributed by atoms with Gasteiger partial charge < -0.3 is 9.84 Å². The largest absolute Gasteiger partial charge is 0.492 e. The Kier molecular flexibility index (Phi) is 4.28. The number of fused-ring (bicyclic) bond motifs is 1. The Balaban J connectivity index is 2.64. The fraction of sp³-hybridized carbons (Fsp3) is 0.214. The molecular weight excluding hydrogens is 298 g/mol. The van der Waals surface area contributed by atoms with Crippen molar-refractivity contribution in [2.45, 2.75) is 6.92 Å². The molecule has 0 radical (unpaired) electrons. The Morgan fingerprint density at radius 3 is 2.57 bits per heavy atom. The van der Waals surface area contributed by atoms with E-state index in [1.807, 2.05) is 0 Å². The summed E-state index contributed by atoms with van der Waals surface area (Å²) in [4.78, 5) is 21.4. The molecule has 0 saturated heterocycles. The molecule has 0 aliphatic rings. The number of nitro groups is 1. The molecule has 2 aromatic rings. The third kappa shape index (κ3) is 3.05. The van der Waals surface area contributed by atoms with Gasteiger partial charge in [-0.15, -0.1) is 11.6 Å². The molecule has 0 aromatic heterocycles. The van der Waals surface area contributed by atoms with Crippen LogP contribution in [0.3, 0.4) is 0 Å². The number of alkyl halides is 1. The minimum atomic E-state index is -1.34. The maximum Gasteiger partial charge on any atom is 0.342 e. The number of aromatic carboxylic acids is 1. The molecule has 0 aliphatic heterocycles. The molecule has 0 bridgehead atoms. The van der Waals surface area contributed by atoms with E-state index >= 15 is 0 Å². The molecule has 7 heteroatoms.